The van der Waals surface area contributed by atoms with Crippen LogP contribution in [0.25, 0.3) is 11.1 Å². The fraction of sp³-hybridized carbons (Fsp3) is 0.727. The molecule has 2 heteroatoms. The Morgan fingerprint density at radius 1 is 0.304 bits per heavy atom. The highest BCUT2D eigenvalue weighted by Gasteiger charge is 2.24. The van der Waals surface area contributed by atoms with E-state index in [1.807, 2.05) is 0 Å². The van der Waals surface area contributed by atoms with E-state index in [0.29, 0.717) is 13.4 Å². The molecule has 0 saturated heterocycles. The predicted octanol–water partition coefficient (Wildman–Crippen LogP) is 14.2. The molecule has 46 heavy (non-hydrogen) atoms. The lowest BCUT2D eigenvalue weighted by Crippen LogP contribution is -2.35. The van der Waals surface area contributed by atoms with Crippen molar-refractivity contribution in [2.75, 3.05) is 0 Å². The van der Waals surface area contributed by atoms with E-state index in [9.17, 15) is 0 Å². The van der Waals surface area contributed by atoms with Gasteiger partial charge in [-0.2, -0.15) is 0 Å². The van der Waals surface area contributed by atoms with E-state index in [-0.39, 0.29) is 0 Å². The van der Waals surface area contributed by atoms with Crippen LogP contribution in [-0.2, 0) is 0 Å². The van der Waals surface area contributed by atoms with Crippen LogP contribution in [0.5, 0.6) is 0 Å². The Morgan fingerprint density at radius 2 is 0.543 bits per heavy atom. The number of rotatable bonds is 31. The molecular weight excluding hydrogens is 550 g/mol. The standard InChI is InChI=1S/C44H76B2/c1-5-9-13-17-21-29-37-45(38-30-22-18-14-10-6-2)43-35-27-25-33-41(43)42-34-26-28-36-44(42)46(39-31-23-19-15-11-7-3)40-32-24-20-16-12-8-4/h25-28,33-36H,5-24,29-32,37-40H2,1-4H3. The maximum absolute atomic E-state index is 2.52. The summed E-state index contributed by atoms with van der Waals surface area (Å²) >= 11 is 0. The highest BCUT2D eigenvalue weighted by atomic mass is 14.1. The van der Waals surface area contributed by atoms with E-state index >= 15 is 0 Å². The molecule has 0 aromatic heterocycles. The molecule has 0 saturated carbocycles. The van der Waals surface area contributed by atoms with Crippen LogP contribution in [0.1, 0.15) is 182 Å². The average molecular weight is 627 g/mol. The van der Waals surface area contributed by atoms with Crippen molar-refractivity contribution in [2.24, 2.45) is 0 Å². The van der Waals surface area contributed by atoms with Gasteiger partial charge < -0.3 is 0 Å². The van der Waals surface area contributed by atoms with Crippen molar-refractivity contribution in [3.05, 3.63) is 48.5 Å². The minimum Gasteiger partial charge on any atom is -0.0724 e. The van der Waals surface area contributed by atoms with Crippen LogP contribution in [0.15, 0.2) is 48.5 Å². The van der Waals surface area contributed by atoms with E-state index in [0.717, 1.165) is 0 Å². The van der Waals surface area contributed by atoms with Gasteiger partial charge in [-0.05, 0) is 11.1 Å². The molecule has 2 rings (SSSR count). The lowest BCUT2D eigenvalue weighted by molar-refractivity contribution is 0.617. The van der Waals surface area contributed by atoms with Gasteiger partial charge in [0.2, 0.25) is 0 Å². The van der Waals surface area contributed by atoms with Crippen LogP contribution in [-0.4, -0.2) is 13.4 Å². The Labute approximate surface area is 290 Å². The van der Waals surface area contributed by atoms with Crippen molar-refractivity contribution >= 4 is 24.4 Å². The van der Waals surface area contributed by atoms with Crippen molar-refractivity contribution in [3.63, 3.8) is 0 Å². The maximum atomic E-state index is 2.52. The van der Waals surface area contributed by atoms with Gasteiger partial charge in [0.05, 0.1) is 0 Å². The summed E-state index contributed by atoms with van der Waals surface area (Å²) in [7, 11) is 0. The molecule has 0 nitrogen and oxygen atoms in total. The van der Waals surface area contributed by atoms with Crippen LogP contribution < -0.4 is 10.9 Å². The predicted molar refractivity (Wildman–Crippen MR) is 215 cm³/mol. The van der Waals surface area contributed by atoms with E-state index in [1.54, 1.807) is 22.1 Å². The molecule has 0 aliphatic heterocycles. The SMILES string of the molecule is CCCCCCCCB(CCCCCCCC)c1ccccc1-c1ccccc1B(CCCCCCCC)CCCCCCCC. The van der Waals surface area contributed by atoms with Crippen LogP contribution in [0.3, 0.4) is 0 Å². The third-order valence-corrected chi connectivity index (χ3v) is 10.7. The van der Waals surface area contributed by atoms with E-state index in [1.165, 1.54) is 179 Å². The summed E-state index contributed by atoms with van der Waals surface area (Å²) in [5, 5.41) is 0. The zero-order valence-electron chi connectivity index (χ0n) is 31.6. The zero-order valence-corrected chi connectivity index (χ0v) is 31.6. The van der Waals surface area contributed by atoms with Gasteiger partial charge >= 0.3 is 0 Å². The summed E-state index contributed by atoms with van der Waals surface area (Å²) < 4.78 is 0. The molecule has 2 aromatic rings. The Bertz CT molecular complexity index is 843. The highest BCUT2D eigenvalue weighted by Crippen LogP contribution is 2.24. The molecule has 2 aromatic carbocycles. The van der Waals surface area contributed by atoms with Crippen LogP contribution in [0.2, 0.25) is 25.3 Å². The van der Waals surface area contributed by atoms with Gasteiger partial charge in [-0.25, -0.2) is 0 Å². The normalized spacial score (nSPS) is 11.3. The summed E-state index contributed by atoms with van der Waals surface area (Å²) in [5.41, 5.74) is 6.40. The van der Waals surface area contributed by atoms with E-state index in [4.69, 9.17) is 0 Å². The first-order chi connectivity index (χ1) is 22.8. The monoisotopic (exact) mass is 627 g/mol. The Balaban J connectivity index is 2.26. The summed E-state index contributed by atoms with van der Waals surface area (Å²) in [6.07, 6.45) is 38.9. The summed E-state index contributed by atoms with van der Waals surface area (Å²) in [5.74, 6) is 0. The van der Waals surface area contributed by atoms with Crippen LogP contribution in [0.4, 0.5) is 0 Å². The van der Waals surface area contributed by atoms with Gasteiger partial charge in [0.25, 0.3) is 0 Å². The molecule has 0 aliphatic carbocycles. The first kappa shape index (κ1) is 40.7. The fourth-order valence-electron chi connectivity index (χ4n) is 7.79. The lowest BCUT2D eigenvalue weighted by atomic mass is 9.36. The highest BCUT2D eigenvalue weighted by molar-refractivity contribution is 6.76. The minimum absolute atomic E-state index is 0.692. The van der Waals surface area contributed by atoms with Crippen LogP contribution in [0, 0.1) is 0 Å². The summed E-state index contributed by atoms with van der Waals surface area (Å²) in [6.45, 7) is 10.7. The van der Waals surface area contributed by atoms with E-state index in [2.05, 4.69) is 76.2 Å². The van der Waals surface area contributed by atoms with Crippen molar-refractivity contribution in [2.45, 2.75) is 207 Å². The van der Waals surface area contributed by atoms with Gasteiger partial charge in [0.1, 0.15) is 0 Å². The third-order valence-electron chi connectivity index (χ3n) is 10.7. The number of hydrogen-bond acceptors (Lipinski definition) is 0. The lowest BCUT2D eigenvalue weighted by Gasteiger charge is -2.23. The Morgan fingerprint density at radius 3 is 0.826 bits per heavy atom. The second-order valence-corrected chi connectivity index (χ2v) is 14.8. The molecular formula is C44H76B2. The van der Waals surface area contributed by atoms with Gasteiger partial charge in [-0.15, -0.1) is 0 Å². The first-order valence-electron chi connectivity index (χ1n) is 20.9. The first-order valence-corrected chi connectivity index (χ1v) is 20.9. The molecule has 0 N–H and O–H groups in total. The van der Waals surface area contributed by atoms with Crippen molar-refractivity contribution < 1.29 is 0 Å². The molecule has 0 bridgehead atoms. The molecule has 0 radical (unpaired) electrons. The molecule has 0 atom stereocenters. The Hall–Kier alpha value is -1.43. The topological polar surface area (TPSA) is 0 Å². The minimum atomic E-state index is 0.692. The molecule has 0 heterocycles. The average Bonchev–Trinajstić information content (AvgIpc) is 3.09. The van der Waals surface area contributed by atoms with Crippen molar-refractivity contribution in [3.8, 4) is 11.1 Å². The quantitative estimate of drug-likeness (QED) is 0.0577. The van der Waals surface area contributed by atoms with Gasteiger partial charge in [-0.1, -0.05) is 267 Å². The van der Waals surface area contributed by atoms with Gasteiger partial charge in [0.15, 0.2) is 13.4 Å². The number of benzene rings is 2. The van der Waals surface area contributed by atoms with Crippen molar-refractivity contribution in [1.82, 2.24) is 0 Å². The molecule has 258 valence electrons. The largest absolute Gasteiger partial charge is 0.176 e. The molecule has 0 aliphatic rings. The van der Waals surface area contributed by atoms with Crippen LogP contribution >= 0.6 is 0 Å². The fourth-order valence-corrected chi connectivity index (χ4v) is 7.79. The second-order valence-electron chi connectivity index (χ2n) is 14.8. The number of hydrogen-bond donors (Lipinski definition) is 0. The summed E-state index contributed by atoms with van der Waals surface area (Å²) in [6, 6.07) is 19.3. The molecule has 0 fully saturated rings. The number of unbranched alkanes of at least 4 members (excludes halogenated alkanes) is 20. The van der Waals surface area contributed by atoms with Gasteiger partial charge in [0, 0.05) is 0 Å². The second kappa shape index (κ2) is 28.6. The molecule has 0 unspecified atom stereocenters. The van der Waals surface area contributed by atoms with E-state index < -0.39 is 0 Å². The smallest absolute Gasteiger partial charge is 0.0724 e. The Kier molecular flexibility index (Phi) is 25.3. The molecule has 0 amide bonds. The summed E-state index contributed by atoms with van der Waals surface area (Å²) in [4.78, 5) is 0. The maximum Gasteiger partial charge on any atom is 0.176 e. The molecule has 0 spiro atoms. The van der Waals surface area contributed by atoms with Gasteiger partial charge in [-0.3, -0.25) is 0 Å². The van der Waals surface area contributed by atoms with Crippen molar-refractivity contribution in [1.29, 1.82) is 0 Å². The zero-order chi connectivity index (χ0) is 32.9. The third kappa shape index (κ3) is 17.6.